The zero-order valence-electron chi connectivity index (χ0n) is 14.9. The summed E-state index contributed by atoms with van der Waals surface area (Å²) < 4.78 is 1.21. The summed E-state index contributed by atoms with van der Waals surface area (Å²) in [6, 6.07) is 5.44. The van der Waals surface area contributed by atoms with Gasteiger partial charge in [-0.25, -0.2) is 0 Å². The number of aromatic nitrogens is 3. The van der Waals surface area contributed by atoms with Gasteiger partial charge in [0.2, 0.25) is 5.91 Å². The molecule has 8 heteroatoms. The Bertz CT molecular complexity index is 1060. The molecular weight excluding hydrogens is 364 g/mol. The van der Waals surface area contributed by atoms with Crippen LogP contribution in [0.2, 0.25) is 0 Å². The molecule has 0 fully saturated rings. The first kappa shape index (κ1) is 17.7. The fourth-order valence-corrected chi connectivity index (χ4v) is 4.73. The Labute approximate surface area is 159 Å². The van der Waals surface area contributed by atoms with Gasteiger partial charge >= 0.3 is 0 Å². The van der Waals surface area contributed by atoms with Crippen LogP contribution in [0.4, 0.5) is 5.69 Å². The molecule has 0 saturated carbocycles. The minimum absolute atomic E-state index is 0.120. The minimum atomic E-state index is -0.748. The molecule has 0 spiro atoms. The number of fused-ring (bicyclic) bond motifs is 3. The molecule has 1 unspecified atom stereocenters. The van der Waals surface area contributed by atoms with E-state index in [1.165, 1.54) is 21.7 Å². The van der Waals surface area contributed by atoms with Gasteiger partial charge in [-0.05, 0) is 61.9 Å². The van der Waals surface area contributed by atoms with Crippen molar-refractivity contribution < 1.29 is 9.90 Å². The van der Waals surface area contributed by atoms with Crippen molar-refractivity contribution in [3.63, 3.8) is 0 Å². The highest BCUT2D eigenvalue weighted by Gasteiger charge is 2.26. The maximum absolute atomic E-state index is 13.1. The summed E-state index contributed by atoms with van der Waals surface area (Å²) in [6.07, 6.45) is 4.48. The van der Waals surface area contributed by atoms with E-state index in [0.29, 0.717) is 22.3 Å². The van der Waals surface area contributed by atoms with Crippen LogP contribution >= 0.6 is 11.3 Å². The second-order valence-corrected chi connectivity index (χ2v) is 7.77. The number of anilines is 1. The largest absolute Gasteiger partial charge is 0.508 e. The van der Waals surface area contributed by atoms with Gasteiger partial charge in [-0.3, -0.25) is 9.59 Å². The minimum Gasteiger partial charge on any atom is -0.508 e. The third-order valence-electron chi connectivity index (χ3n) is 4.93. The van der Waals surface area contributed by atoms with Crippen molar-refractivity contribution >= 4 is 33.1 Å². The maximum atomic E-state index is 13.1. The molecule has 1 aliphatic carbocycles. The molecule has 140 valence electrons. The summed E-state index contributed by atoms with van der Waals surface area (Å²) in [5.41, 5.74) is 1.39. The highest BCUT2D eigenvalue weighted by molar-refractivity contribution is 7.18. The number of aromatic hydroxyl groups is 1. The van der Waals surface area contributed by atoms with Crippen LogP contribution < -0.4 is 10.9 Å². The van der Waals surface area contributed by atoms with Crippen molar-refractivity contribution in [2.45, 2.75) is 45.1 Å². The quantitative estimate of drug-likeness (QED) is 0.674. The Hall–Kier alpha value is -2.74. The Balaban J connectivity index is 1.70. The lowest BCUT2D eigenvalue weighted by molar-refractivity contribution is -0.119. The number of carbonyl (C=O) groups is 1. The monoisotopic (exact) mass is 384 g/mol. The number of nitrogens with one attached hydrogen (secondary N) is 1. The smallest absolute Gasteiger partial charge is 0.279 e. The normalized spacial score (nSPS) is 14.7. The Morgan fingerprint density at radius 1 is 1.30 bits per heavy atom. The molecule has 0 saturated heterocycles. The first-order valence-electron chi connectivity index (χ1n) is 9.08. The van der Waals surface area contributed by atoms with Gasteiger partial charge < -0.3 is 10.4 Å². The van der Waals surface area contributed by atoms with Crippen molar-refractivity contribution in [3.05, 3.63) is 45.1 Å². The lowest BCUT2D eigenvalue weighted by atomic mass is 9.97. The van der Waals surface area contributed by atoms with Crippen molar-refractivity contribution in [1.29, 1.82) is 0 Å². The summed E-state index contributed by atoms with van der Waals surface area (Å²) in [4.78, 5) is 27.8. The van der Waals surface area contributed by atoms with Crippen molar-refractivity contribution in [2.75, 3.05) is 5.32 Å². The topological polar surface area (TPSA) is 97.1 Å². The van der Waals surface area contributed by atoms with Crippen LogP contribution in [0.1, 0.15) is 42.7 Å². The highest BCUT2D eigenvalue weighted by atomic mass is 32.1. The fourth-order valence-electron chi connectivity index (χ4n) is 3.53. The predicted octanol–water partition coefficient (Wildman–Crippen LogP) is 3.03. The molecule has 1 amide bonds. The van der Waals surface area contributed by atoms with E-state index in [1.807, 2.05) is 6.92 Å². The number of hydrogen-bond donors (Lipinski definition) is 2. The van der Waals surface area contributed by atoms with Crippen LogP contribution in [0.5, 0.6) is 5.75 Å². The molecule has 2 aromatic heterocycles. The number of benzene rings is 1. The Morgan fingerprint density at radius 3 is 2.78 bits per heavy atom. The van der Waals surface area contributed by atoms with Gasteiger partial charge in [0.25, 0.3) is 5.56 Å². The number of amides is 1. The molecule has 3 aromatic rings. The van der Waals surface area contributed by atoms with E-state index in [2.05, 4.69) is 15.6 Å². The number of phenols is 1. The van der Waals surface area contributed by atoms with Crippen molar-refractivity contribution in [1.82, 2.24) is 15.0 Å². The van der Waals surface area contributed by atoms with Crippen LogP contribution in [0, 0.1) is 0 Å². The average Bonchev–Trinajstić information content (AvgIpc) is 3.05. The number of thiophene rings is 1. The molecule has 2 heterocycles. The summed E-state index contributed by atoms with van der Waals surface area (Å²) in [6.45, 7) is 1.84. The highest BCUT2D eigenvalue weighted by Crippen LogP contribution is 2.33. The van der Waals surface area contributed by atoms with Gasteiger partial charge in [-0.2, -0.15) is 4.68 Å². The van der Waals surface area contributed by atoms with Crippen LogP contribution in [0.15, 0.2) is 29.1 Å². The Kier molecular flexibility index (Phi) is 4.65. The molecule has 4 rings (SSSR count). The van der Waals surface area contributed by atoms with Crippen LogP contribution in [-0.4, -0.2) is 26.0 Å². The second kappa shape index (κ2) is 7.11. The first-order valence-corrected chi connectivity index (χ1v) is 9.89. The zero-order valence-corrected chi connectivity index (χ0v) is 15.8. The van der Waals surface area contributed by atoms with E-state index in [1.54, 1.807) is 23.5 Å². The molecule has 2 N–H and O–H groups in total. The second-order valence-electron chi connectivity index (χ2n) is 6.69. The first-order chi connectivity index (χ1) is 13.1. The van der Waals surface area contributed by atoms with E-state index < -0.39 is 6.04 Å². The summed E-state index contributed by atoms with van der Waals surface area (Å²) in [7, 11) is 0. The predicted molar refractivity (Wildman–Crippen MR) is 104 cm³/mol. The molecule has 7 nitrogen and oxygen atoms in total. The van der Waals surface area contributed by atoms with E-state index in [9.17, 15) is 14.7 Å². The number of aryl methyl sites for hydroxylation is 2. The number of hydrogen-bond acceptors (Lipinski definition) is 6. The molecule has 1 atom stereocenters. The third kappa shape index (κ3) is 3.21. The number of rotatable bonds is 4. The number of carbonyl (C=O) groups excluding carboxylic acids is 1. The van der Waals surface area contributed by atoms with Crippen LogP contribution in [-0.2, 0) is 17.6 Å². The zero-order chi connectivity index (χ0) is 19.0. The van der Waals surface area contributed by atoms with Gasteiger partial charge in [0.05, 0.1) is 5.39 Å². The maximum Gasteiger partial charge on any atom is 0.279 e. The fraction of sp³-hybridized carbons (Fsp3) is 0.368. The Morgan fingerprint density at radius 2 is 2.04 bits per heavy atom. The van der Waals surface area contributed by atoms with E-state index in [0.717, 1.165) is 31.2 Å². The van der Waals surface area contributed by atoms with Gasteiger partial charge in [-0.1, -0.05) is 12.1 Å². The third-order valence-corrected chi connectivity index (χ3v) is 6.10. The molecule has 1 aliphatic rings. The van der Waals surface area contributed by atoms with Crippen molar-refractivity contribution in [3.8, 4) is 5.75 Å². The van der Waals surface area contributed by atoms with Gasteiger partial charge in [0.15, 0.2) is 4.83 Å². The molecule has 27 heavy (non-hydrogen) atoms. The lowest BCUT2D eigenvalue weighted by Gasteiger charge is -2.16. The summed E-state index contributed by atoms with van der Waals surface area (Å²) in [5, 5.41) is 21.1. The van der Waals surface area contributed by atoms with Crippen molar-refractivity contribution in [2.24, 2.45) is 0 Å². The summed E-state index contributed by atoms with van der Waals surface area (Å²) in [5.74, 6) is -0.210. The molecule has 1 aromatic carbocycles. The average molecular weight is 384 g/mol. The number of nitrogens with zero attached hydrogens (tertiary/aromatic N) is 3. The summed E-state index contributed by atoms with van der Waals surface area (Å²) >= 11 is 1.54. The van der Waals surface area contributed by atoms with E-state index in [4.69, 9.17) is 0 Å². The molecule has 0 radical (unpaired) electrons. The van der Waals surface area contributed by atoms with E-state index in [-0.39, 0.29) is 17.2 Å². The lowest BCUT2D eigenvalue weighted by Crippen LogP contribution is -2.35. The van der Waals surface area contributed by atoms with Crippen LogP contribution in [0.25, 0.3) is 10.2 Å². The standard InChI is InChI=1S/C19H20N4O3S/c1-2-14(17(25)20-11-7-9-12(24)10-8-11)23-19(26)16-13-5-3-4-6-15(13)27-18(16)21-22-23/h7-10,14,24H,2-6H2,1H3,(H,20,25). The SMILES string of the molecule is CCC(C(=O)Nc1ccc(O)cc1)n1nnc2sc3c(c2c1=O)CCCC3. The van der Waals surface area contributed by atoms with Gasteiger partial charge in [-0.15, -0.1) is 16.4 Å². The van der Waals surface area contributed by atoms with Gasteiger partial charge in [0, 0.05) is 10.6 Å². The van der Waals surface area contributed by atoms with Crippen LogP contribution in [0.3, 0.4) is 0 Å². The van der Waals surface area contributed by atoms with Gasteiger partial charge in [0.1, 0.15) is 11.8 Å². The number of phenolic OH excluding ortho intramolecular Hbond substituents is 1. The van der Waals surface area contributed by atoms with E-state index >= 15 is 0 Å². The molecule has 0 bridgehead atoms. The molecular formula is C19H20N4O3S. The molecule has 0 aliphatic heterocycles.